The van der Waals surface area contributed by atoms with E-state index in [1.54, 1.807) is 6.26 Å². The summed E-state index contributed by atoms with van der Waals surface area (Å²) >= 11 is 0. The Kier molecular flexibility index (Phi) is 8.70. The molecule has 1 aromatic carbocycles. The van der Waals surface area contributed by atoms with Gasteiger partial charge in [0.2, 0.25) is 5.88 Å². The zero-order chi connectivity index (χ0) is 22.1. The number of aliphatic hydroxyl groups excluding tert-OH is 1. The lowest BCUT2D eigenvalue weighted by molar-refractivity contribution is 0.0168. The second-order valence-corrected chi connectivity index (χ2v) is 7.42. The van der Waals surface area contributed by atoms with Crippen molar-refractivity contribution >= 4 is 5.88 Å². The van der Waals surface area contributed by atoms with Crippen molar-refractivity contribution in [2.45, 2.75) is 40.0 Å². The van der Waals surface area contributed by atoms with Crippen LogP contribution in [0.2, 0.25) is 0 Å². The SMILES string of the molecule is CCOCC(O)CN(Cc1ccco1)Cc1c(-c2ccccc2)noc1N(CC)CC. The van der Waals surface area contributed by atoms with Crippen LogP contribution in [0.15, 0.2) is 57.7 Å². The fourth-order valence-electron chi connectivity index (χ4n) is 3.66. The van der Waals surface area contributed by atoms with Gasteiger partial charge in [-0.1, -0.05) is 35.5 Å². The zero-order valence-corrected chi connectivity index (χ0v) is 18.7. The van der Waals surface area contributed by atoms with E-state index in [1.807, 2.05) is 49.4 Å². The number of aromatic nitrogens is 1. The van der Waals surface area contributed by atoms with E-state index in [0.717, 1.165) is 41.6 Å². The van der Waals surface area contributed by atoms with Crippen LogP contribution in [-0.2, 0) is 17.8 Å². The topological polar surface area (TPSA) is 75.1 Å². The zero-order valence-electron chi connectivity index (χ0n) is 18.7. The van der Waals surface area contributed by atoms with Crippen LogP contribution < -0.4 is 4.90 Å². The van der Waals surface area contributed by atoms with Crippen LogP contribution in [0.1, 0.15) is 32.1 Å². The maximum absolute atomic E-state index is 10.5. The Labute approximate surface area is 184 Å². The fraction of sp³-hybridized carbons (Fsp3) is 0.458. The molecule has 0 bridgehead atoms. The van der Waals surface area contributed by atoms with Crippen LogP contribution in [0.25, 0.3) is 11.3 Å². The third-order valence-electron chi connectivity index (χ3n) is 5.19. The number of nitrogens with zero attached hydrogens (tertiary/aromatic N) is 3. The second kappa shape index (κ2) is 11.7. The highest BCUT2D eigenvalue weighted by molar-refractivity contribution is 5.68. The molecular weight excluding hydrogens is 394 g/mol. The van der Waals surface area contributed by atoms with Gasteiger partial charge in [-0.25, -0.2) is 0 Å². The molecule has 2 heterocycles. The monoisotopic (exact) mass is 427 g/mol. The molecule has 7 heteroatoms. The summed E-state index contributed by atoms with van der Waals surface area (Å²) in [5.74, 6) is 1.61. The first kappa shape index (κ1) is 23.1. The minimum atomic E-state index is -0.605. The van der Waals surface area contributed by atoms with E-state index < -0.39 is 6.10 Å². The van der Waals surface area contributed by atoms with Gasteiger partial charge in [-0.3, -0.25) is 4.90 Å². The highest BCUT2D eigenvalue weighted by Gasteiger charge is 2.25. The van der Waals surface area contributed by atoms with E-state index in [9.17, 15) is 5.11 Å². The number of ether oxygens (including phenoxy) is 1. The van der Waals surface area contributed by atoms with Crippen molar-refractivity contribution in [2.75, 3.05) is 37.7 Å². The summed E-state index contributed by atoms with van der Waals surface area (Å²) in [5, 5.41) is 14.9. The smallest absolute Gasteiger partial charge is 0.232 e. The maximum Gasteiger partial charge on any atom is 0.232 e. The van der Waals surface area contributed by atoms with Crippen molar-refractivity contribution in [3.8, 4) is 11.3 Å². The summed E-state index contributed by atoms with van der Waals surface area (Å²) < 4.78 is 16.8. The number of hydrogen-bond acceptors (Lipinski definition) is 7. The van der Waals surface area contributed by atoms with Gasteiger partial charge < -0.3 is 23.7 Å². The predicted molar refractivity (Wildman–Crippen MR) is 121 cm³/mol. The molecule has 3 aromatic rings. The van der Waals surface area contributed by atoms with Gasteiger partial charge in [0.1, 0.15) is 11.5 Å². The van der Waals surface area contributed by atoms with Gasteiger partial charge in [-0.05, 0) is 32.9 Å². The molecule has 3 rings (SSSR count). The molecule has 31 heavy (non-hydrogen) atoms. The van der Waals surface area contributed by atoms with Crippen LogP contribution in [0.5, 0.6) is 0 Å². The standard InChI is InChI=1S/C24H33N3O4/c1-4-27(5-2)24-22(23(25-31-24)19-11-8-7-9-12-19)17-26(15-20(28)18-29-6-3)16-21-13-10-14-30-21/h7-14,20,28H,4-6,15-18H2,1-3H3. The van der Waals surface area contributed by atoms with Crippen molar-refractivity contribution in [1.82, 2.24) is 10.1 Å². The van der Waals surface area contributed by atoms with E-state index in [-0.39, 0.29) is 0 Å². The van der Waals surface area contributed by atoms with Gasteiger partial charge in [0.25, 0.3) is 0 Å². The Morgan fingerprint density at radius 1 is 1.03 bits per heavy atom. The Bertz CT molecular complexity index is 876. The van der Waals surface area contributed by atoms with E-state index in [0.29, 0.717) is 32.8 Å². The molecule has 0 spiro atoms. The summed E-state index contributed by atoms with van der Waals surface area (Å²) in [4.78, 5) is 4.31. The molecule has 2 aromatic heterocycles. The molecule has 0 aliphatic rings. The lowest BCUT2D eigenvalue weighted by Gasteiger charge is -2.26. The first-order valence-electron chi connectivity index (χ1n) is 11.0. The molecule has 168 valence electrons. The number of anilines is 1. The summed E-state index contributed by atoms with van der Waals surface area (Å²) in [6.45, 7) is 10.2. The van der Waals surface area contributed by atoms with Gasteiger partial charge in [0, 0.05) is 38.3 Å². The largest absolute Gasteiger partial charge is 0.468 e. The van der Waals surface area contributed by atoms with Gasteiger partial charge in [-0.15, -0.1) is 0 Å². The minimum absolute atomic E-state index is 0.295. The summed E-state index contributed by atoms with van der Waals surface area (Å²) in [5.41, 5.74) is 2.84. The van der Waals surface area contributed by atoms with Gasteiger partial charge in [0.05, 0.1) is 31.1 Å². The predicted octanol–water partition coefficient (Wildman–Crippen LogP) is 4.18. The third kappa shape index (κ3) is 6.19. The number of benzene rings is 1. The fourth-order valence-corrected chi connectivity index (χ4v) is 3.66. The Hall–Kier alpha value is -2.61. The van der Waals surface area contributed by atoms with Gasteiger partial charge >= 0.3 is 0 Å². The van der Waals surface area contributed by atoms with Crippen molar-refractivity contribution < 1.29 is 18.8 Å². The van der Waals surface area contributed by atoms with Crippen LogP contribution in [0.4, 0.5) is 5.88 Å². The van der Waals surface area contributed by atoms with Crippen LogP contribution in [-0.4, -0.2) is 54.1 Å². The molecule has 0 aliphatic heterocycles. The maximum atomic E-state index is 10.5. The molecule has 0 amide bonds. The molecule has 1 N–H and O–H groups in total. The molecule has 0 saturated heterocycles. The molecule has 0 fully saturated rings. The number of hydrogen-bond donors (Lipinski definition) is 1. The van der Waals surface area contributed by atoms with Crippen molar-refractivity contribution in [3.63, 3.8) is 0 Å². The first-order chi connectivity index (χ1) is 15.2. The van der Waals surface area contributed by atoms with E-state index in [4.69, 9.17) is 13.7 Å². The summed E-state index contributed by atoms with van der Waals surface area (Å²) in [6, 6.07) is 13.9. The Morgan fingerprint density at radius 2 is 1.81 bits per heavy atom. The van der Waals surface area contributed by atoms with E-state index >= 15 is 0 Å². The van der Waals surface area contributed by atoms with Crippen molar-refractivity contribution in [3.05, 3.63) is 60.1 Å². The molecular formula is C24H33N3O4. The number of furan rings is 1. The van der Waals surface area contributed by atoms with Crippen LogP contribution in [0, 0.1) is 0 Å². The highest BCUT2D eigenvalue weighted by atomic mass is 16.5. The lowest BCUT2D eigenvalue weighted by atomic mass is 10.1. The van der Waals surface area contributed by atoms with Crippen molar-refractivity contribution in [2.24, 2.45) is 0 Å². The number of rotatable bonds is 13. The van der Waals surface area contributed by atoms with Gasteiger partial charge in [-0.2, -0.15) is 0 Å². The van der Waals surface area contributed by atoms with E-state index in [1.165, 1.54) is 0 Å². The quantitative estimate of drug-likeness (QED) is 0.438. The highest BCUT2D eigenvalue weighted by Crippen LogP contribution is 2.32. The molecule has 0 radical (unpaired) electrons. The molecule has 0 aliphatic carbocycles. The molecule has 1 unspecified atom stereocenters. The molecule has 7 nitrogen and oxygen atoms in total. The lowest BCUT2D eigenvalue weighted by Crippen LogP contribution is -2.35. The first-order valence-corrected chi connectivity index (χ1v) is 11.0. The third-order valence-corrected chi connectivity index (χ3v) is 5.19. The average Bonchev–Trinajstić information content (AvgIpc) is 3.44. The van der Waals surface area contributed by atoms with Gasteiger partial charge in [0.15, 0.2) is 0 Å². The van der Waals surface area contributed by atoms with E-state index in [2.05, 4.69) is 28.8 Å². The Balaban J connectivity index is 1.92. The van der Waals surface area contributed by atoms with Crippen LogP contribution in [0.3, 0.4) is 0 Å². The number of aliphatic hydroxyl groups is 1. The molecule has 1 atom stereocenters. The molecule has 0 saturated carbocycles. The second-order valence-electron chi connectivity index (χ2n) is 7.42. The van der Waals surface area contributed by atoms with Crippen LogP contribution >= 0.6 is 0 Å². The minimum Gasteiger partial charge on any atom is -0.468 e. The van der Waals surface area contributed by atoms with Crippen molar-refractivity contribution in [1.29, 1.82) is 0 Å². The summed E-state index contributed by atoms with van der Waals surface area (Å²) in [6.07, 6.45) is 1.06. The normalized spacial score (nSPS) is 12.4. The average molecular weight is 428 g/mol. The Morgan fingerprint density at radius 3 is 2.45 bits per heavy atom. The summed E-state index contributed by atoms with van der Waals surface area (Å²) in [7, 11) is 0.